The molecule has 1 aliphatic heterocycles. The first-order valence-electron chi connectivity index (χ1n) is 9.66. The lowest BCUT2D eigenvalue weighted by Gasteiger charge is -2.36. The minimum Gasteiger partial charge on any atom is -0.368 e. The Balaban J connectivity index is 1.46. The van der Waals surface area contributed by atoms with Gasteiger partial charge in [-0.25, -0.2) is 4.79 Å². The van der Waals surface area contributed by atoms with Crippen LogP contribution < -0.4 is 16.1 Å². The predicted molar refractivity (Wildman–Crippen MR) is 109 cm³/mol. The average molecular weight is 432 g/mol. The molecule has 0 atom stereocenters. The molecular weight excluding hydrogens is 413 g/mol. The van der Waals surface area contributed by atoms with Crippen LogP contribution in [0.15, 0.2) is 58.1 Å². The minimum absolute atomic E-state index is 0.273. The molecule has 0 aliphatic carbocycles. The van der Waals surface area contributed by atoms with Crippen molar-refractivity contribution in [3.63, 3.8) is 0 Å². The van der Waals surface area contributed by atoms with Gasteiger partial charge in [0.15, 0.2) is 0 Å². The summed E-state index contributed by atoms with van der Waals surface area (Å²) in [7, 11) is 0. The number of alkyl halides is 3. The molecule has 2 heterocycles. The zero-order valence-electron chi connectivity index (χ0n) is 16.4. The SMILES string of the molecule is O=C(Cn1c(=O)[nH]c2ccccc2c1=O)N1CCN(c2cccc(C(F)(F)F)c2)CC1. The number of nitrogens with zero attached hydrogens (tertiary/aromatic N) is 3. The molecule has 2 aromatic carbocycles. The van der Waals surface area contributed by atoms with E-state index in [4.69, 9.17) is 0 Å². The second-order valence-electron chi connectivity index (χ2n) is 7.28. The highest BCUT2D eigenvalue weighted by molar-refractivity contribution is 5.79. The number of amides is 1. The Morgan fingerprint density at radius 2 is 1.68 bits per heavy atom. The number of halogens is 3. The molecule has 1 aromatic heterocycles. The van der Waals surface area contributed by atoms with Crippen LogP contribution in [0.25, 0.3) is 10.9 Å². The predicted octanol–water partition coefficient (Wildman–Crippen LogP) is 2.06. The maximum atomic E-state index is 12.9. The average Bonchev–Trinajstić information content (AvgIpc) is 2.76. The Kier molecular flexibility index (Phi) is 5.30. The van der Waals surface area contributed by atoms with Gasteiger partial charge in [-0.1, -0.05) is 18.2 Å². The van der Waals surface area contributed by atoms with Crippen molar-refractivity contribution in [3.05, 3.63) is 74.9 Å². The monoisotopic (exact) mass is 432 g/mol. The highest BCUT2D eigenvalue weighted by atomic mass is 19.4. The zero-order valence-corrected chi connectivity index (χ0v) is 16.4. The van der Waals surface area contributed by atoms with Crippen molar-refractivity contribution in [2.75, 3.05) is 31.1 Å². The highest BCUT2D eigenvalue weighted by Gasteiger charge is 2.31. The normalized spacial score (nSPS) is 14.8. The Labute approximate surface area is 174 Å². The molecule has 1 fully saturated rings. The van der Waals surface area contributed by atoms with E-state index in [0.717, 1.165) is 16.7 Å². The van der Waals surface area contributed by atoms with Crippen LogP contribution in [0.3, 0.4) is 0 Å². The minimum atomic E-state index is -4.42. The molecule has 0 spiro atoms. The van der Waals surface area contributed by atoms with Gasteiger partial charge in [-0.05, 0) is 30.3 Å². The third kappa shape index (κ3) is 4.18. The molecule has 162 valence electrons. The molecule has 1 aliphatic rings. The number of H-pyrrole nitrogens is 1. The van der Waals surface area contributed by atoms with Gasteiger partial charge in [-0.15, -0.1) is 0 Å². The van der Waals surface area contributed by atoms with E-state index in [0.29, 0.717) is 29.7 Å². The summed E-state index contributed by atoms with van der Waals surface area (Å²) < 4.78 is 39.7. The van der Waals surface area contributed by atoms with Crippen LogP contribution in [0.5, 0.6) is 0 Å². The van der Waals surface area contributed by atoms with Crippen molar-refractivity contribution in [2.24, 2.45) is 0 Å². The lowest BCUT2D eigenvalue weighted by atomic mass is 10.1. The van der Waals surface area contributed by atoms with Crippen LogP contribution in [0.2, 0.25) is 0 Å². The number of rotatable bonds is 3. The van der Waals surface area contributed by atoms with Crippen LogP contribution in [0.4, 0.5) is 18.9 Å². The molecule has 4 rings (SSSR count). The van der Waals surface area contributed by atoms with Gasteiger partial charge in [0, 0.05) is 31.9 Å². The molecule has 0 bridgehead atoms. The van der Waals surface area contributed by atoms with Gasteiger partial charge < -0.3 is 14.8 Å². The van der Waals surface area contributed by atoms with Crippen LogP contribution in [-0.4, -0.2) is 46.5 Å². The number of carbonyl (C=O) groups is 1. The van der Waals surface area contributed by atoms with Crippen LogP contribution in [0.1, 0.15) is 5.56 Å². The fraction of sp³-hybridized carbons (Fsp3) is 0.286. The van der Waals surface area contributed by atoms with Crippen molar-refractivity contribution in [3.8, 4) is 0 Å². The maximum Gasteiger partial charge on any atom is 0.416 e. The van der Waals surface area contributed by atoms with E-state index in [-0.39, 0.29) is 13.1 Å². The van der Waals surface area contributed by atoms with Crippen LogP contribution in [-0.2, 0) is 17.5 Å². The summed E-state index contributed by atoms with van der Waals surface area (Å²) >= 11 is 0. The summed E-state index contributed by atoms with van der Waals surface area (Å²) in [4.78, 5) is 43.4. The van der Waals surface area contributed by atoms with Crippen molar-refractivity contribution >= 4 is 22.5 Å². The molecule has 10 heteroatoms. The molecule has 1 saturated heterocycles. The number of piperazine rings is 1. The number of nitrogens with one attached hydrogen (secondary N) is 1. The Hall–Kier alpha value is -3.56. The quantitative estimate of drug-likeness (QED) is 0.687. The third-order valence-electron chi connectivity index (χ3n) is 5.35. The number of carbonyl (C=O) groups excluding carboxylic acids is 1. The van der Waals surface area contributed by atoms with Gasteiger partial charge >= 0.3 is 11.9 Å². The number of aromatic amines is 1. The molecule has 0 saturated carbocycles. The summed E-state index contributed by atoms with van der Waals surface area (Å²) in [6, 6.07) is 11.6. The van der Waals surface area contributed by atoms with Gasteiger partial charge in [0.25, 0.3) is 5.56 Å². The van der Waals surface area contributed by atoms with Gasteiger partial charge in [0.1, 0.15) is 6.54 Å². The van der Waals surface area contributed by atoms with E-state index in [1.165, 1.54) is 11.0 Å². The molecule has 0 unspecified atom stereocenters. The summed E-state index contributed by atoms with van der Waals surface area (Å²) in [5.41, 5.74) is -1.10. The third-order valence-corrected chi connectivity index (χ3v) is 5.35. The summed E-state index contributed by atoms with van der Waals surface area (Å²) in [6.45, 7) is 0.833. The van der Waals surface area contributed by atoms with Crippen LogP contribution in [0, 0.1) is 0 Å². The fourth-order valence-electron chi connectivity index (χ4n) is 3.67. The van der Waals surface area contributed by atoms with Crippen LogP contribution >= 0.6 is 0 Å². The molecule has 3 aromatic rings. The second kappa shape index (κ2) is 7.93. The highest BCUT2D eigenvalue weighted by Crippen LogP contribution is 2.31. The zero-order chi connectivity index (χ0) is 22.2. The molecule has 31 heavy (non-hydrogen) atoms. The van der Waals surface area contributed by atoms with Crippen molar-refractivity contribution in [1.29, 1.82) is 0 Å². The van der Waals surface area contributed by atoms with Gasteiger partial charge in [0.2, 0.25) is 5.91 Å². The van der Waals surface area contributed by atoms with Crippen molar-refractivity contribution in [2.45, 2.75) is 12.7 Å². The molecule has 1 amide bonds. The number of hydrogen-bond acceptors (Lipinski definition) is 4. The van der Waals surface area contributed by atoms with E-state index in [9.17, 15) is 27.6 Å². The van der Waals surface area contributed by atoms with E-state index in [1.807, 2.05) is 0 Å². The molecule has 1 N–H and O–H groups in total. The maximum absolute atomic E-state index is 12.9. The number of fused-ring (bicyclic) bond motifs is 1. The van der Waals surface area contributed by atoms with Gasteiger partial charge in [-0.2, -0.15) is 13.2 Å². The first kappa shape index (κ1) is 20.7. The van der Waals surface area contributed by atoms with Crippen molar-refractivity contribution in [1.82, 2.24) is 14.5 Å². The first-order valence-corrected chi connectivity index (χ1v) is 9.66. The first-order chi connectivity index (χ1) is 14.7. The summed E-state index contributed by atoms with van der Waals surface area (Å²) in [6.07, 6.45) is -4.42. The van der Waals surface area contributed by atoms with Crippen molar-refractivity contribution < 1.29 is 18.0 Å². The fourth-order valence-corrected chi connectivity index (χ4v) is 3.67. The lowest BCUT2D eigenvalue weighted by molar-refractivity contribution is -0.137. The Morgan fingerprint density at radius 3 is 2.39 bits per heavy atom. The van der Waals surface area contributed by atoms with E-state index >= 15 is 0 Å². The van der Waals surface area contributed by atoms with Gasteiger partial charge in [0.05, 0.1) is 16.5 Å². The van der Waals surface area contributed by atoms with E-state index < -0.39 is 35.4 Å². The Bertz CT molecular complexity index is 1240. The lowest BCUT2D eigenvalue weighted by Crippen LogP contribution is -2.51. The second-order valence-corrected chi connectivity index (χ2v) is 7.28. The van der Waals surface area contributed by atoms with E-state index in [1.54, 1.807) is 35.2 Å². The number of hydrogen-bond donors (Lipinski definition) is 1. The van der Waals surface area contributed by atoms with Gasteiger partial charge in [-0.3, -0.25) is 14.2 Å². The number of anilines is 1. The molecule has 0 radical (unpaired) electrons. The molecule has 7 nitrogen and oxygen atoms in total. The summed E-state index contributed by atoms with van der Waals surface area (Å²) in [5, 5.41) is 0.310. The largest absolute Gasteiger partial charge is 0.416 e. The summed E-state index contributed by atoms with van der Waals surface area (Å²) in [5.74, 6) is -0.397. The smallest absolute Gasteiger partial charge is 0.368 e. The number of aromatic nitrogens is 2. The number of para-hydroxylation sites is 1. The Morgan fingerprint density at radius 1 is 0.968 bits per heavy atom. The molecular formula is C21H19F3N4O3. The topological polar surface area (TPSA) is 78.4 Å². The van der Waals surface area contributed by atoms with E-state index in [2.05, 4.69) is 4.98 Å². The number of benzene rings is 2. The standard InChI is InChI=1S/C21H19F3N4O3/c22-21(23,24)14-4-3-5-15(12-14)26-8-10-27(11-9-26)18(29)13-28-19(30)16-6-1-2-7-17(16)25-20(28)31/h1-7,12H,8-11,13H2,(H,25,31).